The predicted octanol–water partition coefficient (Wildman–Crippen LogP) is 13.9. The minimum Gasteiger partial charge on any atom is -0.0654 e. The Morgan fingerprint density at radius 2 is 0.682 bits per heavy atom. The lowest BCUT2D eigenvalue weighted by molar-refractivity contribution is 0.240. The summed E-state index contributed by atoms with van der Waals surface area (Å²) < 4.78 is 0. The Hall–Kier alpha value is 0. The molecule has 44 heavy (non-hydrogen) atoms. The Morgan fingerprint density at radius 1 is 0.318 bits per heavy atom. The van der Waals surface area contributed by atoms with Crippen molar-refractivity contribution in [2.24, 2.45) is 94.7 Å². The molecule has 0 spiro atoms. The van der Waals surface area contributed by atoms with Crippen LogP contribution >= 0.6 is 0 Å². The molecule has 8 aliphatic rings. The number of hydrogen-bond acceptors (Lipinski definition) is 0. The summed E-state index contributed by atoms with van der Waals surface area (Å²) in [7, 11) is 0. The van der Waals surface area contributed by atoms with E-state index >= 15 is 0 Å². The zero-order chi connectivity index (χ0) is 31.4. The van der Waals surface area contributed by atoms with E-state index in [1.54, 1.807) is 77.0 Å². The molecule has 0 nitrogen and oxygen atoms in total. The Kier molecular flexibility index (Phi) is 13.2. The van der Waals surface area contributed by atoms with Crippen LogP contribution in [0.5, 0.6) is 0 Å². The quantitative estimate of drug-likeness (QED) is 0.257. The fraction of sp³-hybridized carbons (Fsp3) is 1.00. The SMILES string of the molecule is CCCC1CC2CC(C)C1C2.CCCC1CC2CC(C)C1C2.CCCC1CC2CC1CC2C.CCCC1CC2CC1CC2C. The highest BCUT2D eigenvalue weighted by atomic mass is 14.5. The van der Waals surface area contributed by atoms with E-state index in [2.05, 4.69) is 55.4 Å². The van der Waals surface area contributed by atoms with Crippen molar-refractivity contribution in [1.82, 2.24) is 0 Å². The summed E-state index contributed by atoms with van der Waals surface area (Å²) in [6.07, 6.45) is 30.4. The van der Waals surface area contributed by atoms with Gasteiger partial charge in [0.05, 0.1) is 0 Å². The number of fused-ring (bicyclic) bond motifs is 8. The highest BCUT2D eigenvalue weighted by Crippen LogP contribution is 2.55. The van der Waals surface area contributed by atoms with Crippen molar-refractivity contribution < 1.29 is 0 Å². The Labute approximate surface area is 277 Å². The van der Waals surface area contributed by atoms with Crippen molar-refractivity contribution in [2.45, 2.75) is 184 Å². The molecule has 0 saturated heterocycles. The van der Waals surface area contributed by atoms with Crippen molar-refractivity contribution >= 4 is 0 Å². The molecule has 0 aliphatic heterocycles. The van der Waals surface area contributed by atoms with Crippen LogP contribution in [-0.4, -0.2) is 0 Å². The van der Waals surface area contributed by atoms with Gasteiger partial charge in [0.15, 0.2) is 0 Å². The molecular weight excluding hydrogens is 528 g/mol. The minimum atomic E-state index is 1.06. The molecular formula is C44H80. The van der Waals surface area contributed by atoms with Gasteiger partial charge in [0, 0.05) is 0 Å². The molecule has 0 heterocycles. The lowest BCUT2D eigenvalue weighted by atomic mass is 9.79. The van der Waals surface area contributed by atoms with Gasteiger partial charge in [-0.25, -0.2) is 0 Å². The van der Waals surface area contributed by atoms with E-state index in [1.165, 1.54) is 51.4 Å². The minimum absolute atomic E-state index is 1.06. The van der Waals surface area contributed by atoms with E-state index in [-0.39, 0.29) is 0 Å². The first-order valence-corrected chi connectivity index (χ1v) is 21.2. The summed E-state index contributed by atoms with van der Waals surface area (Å²) in [5, 5.41) is 0. The van der Waals surface area contributed by atoms with Crippen LogP contribution in [0.2, 0.25) is 0 Å². The van der Waals surface area contributed by atoms with Crippen molar-refractivity contribution in [1.29, 1.82) is 0 Å². The van der Waals surface area contributed by atoms with Gasteiger partial charge in [0.25, 0.3) is 0 Å². The van der Waals surface area contributed by atoms with Crippen LogP contribution in [0.25, 0.3) is 0 Å². The average molecular weight is 609 g/mol. The first-order valence-electron chi connectivity index (χ1n) is 21.2. The summed E-state index contributed by atoms with van der Waals surface area (Å²) in [5.41, 5.74) is 0. The molecule has 0 amide bonds. The van der Waals surface area contributed by atoms with E-state index in [0.717, 1.165) is 94.7 Å². The third-order valence-corrected chi connectivity index (χ3v) is 15.9. The molecule has 16 atom stereocenters. The summed E-state index contributed by atoms with van der Waals surface area (Å²) in [6, 6.07) is 0. The molecule has 0 radical (unpaired) electrons. The molecule has 256 valence electrons. The third kappa shape index (κ3) is 8.34. The van der Waals surface area contributed by atoms with Gasteiger partial charge in [-0.3, -0.25) is 0 Å². The van der Waals surface area contributed by atoms with Gasteiger partial charge in [-0.2, -0.15) is 0 Å². The monoisotopic (exact) mass is 609 g/mol. The summed E-state index contributed by atoms with van der Waals surface area (Å²) in [5.74, 6) is 17.8. The van der Waals surface area contributed by atoms with Crippen LogP contribution in [0.3, 0.4) is 0 Å². The average Bonchev–Trinajstić information content (AvgIpc) is 3.84. The van der Waals surface area contributed by atoms with Crippen LogP contribution in [0.15, 0.2) is 0 Å². The first kappa shape index (κ1) is 35.3. The molecule has 0 N–H and O–H groups in total. The Balaban J connectivity index is 0.000000116. The summed E-state index contributed by atoms with van der Waals surface area (Å²) in [6.45, 7) is 19.1. The first-order chi connectivity index (χ1) is 21.2. The van der Waals surface area contributed by atoms with E-state index < -0.39 is 0 Å². The predicted molar refractivity (Wildman–Crippen MR) is 194 cm³/mol. The van der Waals surface area contributed by atoms with Crippen molar-refractivity contribution in [3.05, 3.63) is 0 Å². The van der Waals surface area contributed by atoms with Crippen LogP contribution in [0, 0.1) is 94.7 Å². The Morgan fingerprint density at radius 3 is 0.932 bits per heavy atom. The van der Waals surface area contributed by atoms with E-state index in [1.807, 2.05) is 0 Å². The van der Waals surface area contributed by atoms with Crippen molar-refractivity contribution in [3.63, 3.8) is 0 Å². The maximum atomic E-state index is 2.46. The number of hydrogen-bond donors (Lipinski definition) is 0. The van der Waals surface area contributed by atoms with Crippen molar-refractivity contribution in [2.75, 3.05) is 0 Å². The zero-order valence-electron chi connectivity index (χ0n) is 31.4. The molecule has 0 aromatic rings. The Bertz CT molecular complexity index is 756. The number of rotatable bonds is 8. The smallest absolute Gasteiger partial charge is 0.0357 e. The van der Waals surface area contributed by atoms with Gasteiger partial charge in [-0.15, -0.1) is 0 Å². The van der Waals surface area contributed by atoms with Gasteiger partial charge in [0.2, 0.25) is 0 Å². The maximum Gasteiger partial charge on any atom is -0.0357 e. The molecule has 0 heteroatoms. The standard InChI is InChI=1S/4C11H20/c2*1-3-4-10-6-9-5-8(2)11(10)7-9;2*1-3-4-9-6-10-7-11(9)5-8(10)2/h4*8-11H,3-7H2,1-2H3. The molecule has 8 aliphatic carbocycles. The summed E-state index contributed by atoms with van der Waals surface area (Å²) in [4.78, 5) is 0. The topological polar surface area (TPSA) is 0 Å². The van der Waals surface area contributed by atoms with Gasteiger partial charge >= 0.3 is 0 Å². The van der Waals surface area contributed by atoms with E-state index in [9.17, 15) is 0 Å². The lowest BCUT2D eigenvalue weighted by Gasteiger charge is -2.26. The fourth-order valence-corrected chi connectivity index (χ4v) is 14.0. The second kappa shape index (κ2) is 16.4. The normalized spacial score (nSPS) is 48.5. The van der Waals surface area contributed by atoms with Crippen LogP contribution in [0.4, 0.5) is 0 Å². The molecule has 8 rings (SSSR count). The maximum absolute atomic E-state index is 2.46. The largest absolute Gasteiger partial charge is 0.0654 e. The van der Waals surface area contributed by atoms with Crippen LogP contribution < -0.4 is 0 Å². The molecule has 8 bridgehead atoms. The second-order valence-electron chi connectivity index (χ2n) is 19.0. The van der Waals surface area contributed by atoms with Gasteiger partial charge in [-0.1, -0.05) is 107 Å². The fourth-order valence-electron chi connectivity index (χ4n) is 14.0. The van der Waals surface area contributed by atoms with Crippen LogP contribution in [0.1, 0.15) is 184 Å². The molecule has 16 unspecified atom stereocenters. The zero-order valence-corrected chi connectivity index (χ0v) is 31.4. The van der Waals surface area contributed by atoms with Gasteiger partial charge in [0.1, 0.15) is 0 Å². The molecule has 8 saturated carbocycles. The summed E-state index contributed by atoms with van der Waals surface area (Å²) >= 11 is 0. The highest BCUT2D eigenvalue weighted by molar-refractivity contribution is 4.95. The van der Waals surface area contributed by atoms with Gasteiger partial charge in [-0.05, 0) is 172 Å². The van der Waals surface area contributed by atoms with Crippen molar-refractivity contribution in [3.8, 4) is 0 Å². The molecule has 8 fully saturated rings. The van der Waals surface area contributed by atoms with Crippen LogP contribution in [-0.2, 0) is 0 Å². The van der Waals surface area contributed by atoms with Gasteiger partial charge < -0.3 is 0 Å². The highest BCUT2D eigenvalue weighted by Gasteiger charge is 2.45. The second-order valence-corrected chi connectivity index (χ2v) is 19.0. The van der Waals surface area contributed by atoms with E-state index in [4.69, 9.17) is 0 Å². The lowest BCUT2D eigenvalue weighted by Crippen LogP contribution is -2.17. The van der Waals surface area contributed by atoms with E-state index in [0.29, 0.717) is 0 Å². The molecule has 0 aromatic heterocycles. The third-order valence-electron chi connectivity index (χ3n) is 15.9. The molecule has 0 aromatic carbocycles.